The number of benzene rings is 1. The van der Waals surface area contributed by atoms with Crippen molar-refractivity contribution >= 4 is 17.5 Å². The number of aliphatic hydroxyl groups excluding tert-OH is 1. The Morgan fingerprint density at radius 2 is 2.11 bits per heavy atom. The van der Waals surface area contributed by atoms with Crippen LogP contribution >= 0.6 is 11.6 Å². The maximum Gasteiger partial charge on any atom is 0.257 e. The maximum atomic E-state index is 11.4. The molecule has 1 atom stereocenters. The Labute approximate surface area is 117 Å². The number of carbonyl (C=O) groups excluding carboxylic acids is 1. The zero-order valence-corrected chi connectivity index (χ0v) is 11.5. The third-order valence-electron chi connectivity index (χ3n) is 2.34. The third-order valence-corrected chi connectivity index (χ3v) is 2.59. The monoisotopic (exact) mass is 287 g/mol. The lowest BCUT2D eigenvalue weighted by Gasteiger charge is -2.10. The summed E-state index contributed by atoms with van der Waals surface area (Å²) < 4.78 is 10.0. The number of methoxy groups -OCH3 is 1. The summed E-state index contributed by atoms with van der Waals surface area (Å²) in [6.45, 7) is 0.576. The number of hydrogen-bond donors (Lipinski definition) is 2. The molecule has 0 heterocycles. The molecule has 0 aliphatic carbocycles. The van der Waals surface area contributed by atoms with Crippen LogP contribution in [0.2, 0.25) is 5.02 Å². The van der Waals surface area contributed by atoms with Crippen molar-refractivity contribution in [1.29, 1.82) is 0 Å². The zero-order valence-electron chi connectivity index (χ0n) is 10.8. The topological polar surface area (TPSA) is 67.8 Å². The highest BCUT2D eigenvalue weighted by molar-refractivity contribution is 6.30. The number of nitrogens with one attached hydrogen (secondary N) is 1. The molecule has 1 amide bonds. The van der Waals surface area contributed by atoms with Gasteiger partial charge in [0.2, 0.25) is 0 Å². The van der Waals surface area contributed by atoms with Gasteiger partial charge in [-0.05, 0) is 30.7 Å². The van der Waals surface area contributed by atoms with Gasteiger partial charge in [0.25, 0.3) is 5.91 Å². The number of ether oxygens (including phenoxy) is 2. The smallest absolute Gasteiger partial charge is 0.257 e. The van der Waals surface area contributed by atoms with Crippen LogP contribution in [0.1, 0.15) is 6.42 Å². The molecule has 1 aromatic carbocycles. The second kappa shape index (κ2) is 8.74. The zero-order chi connectivity index (χ0) is 14.1. The van der Waals surface area contributed by atoms with Gasteiger partial charge >= 0.3 is 0 Å². The summed E-state index contributed by atoms with van der Waals surface area (Å²) >= 11 is 5.73. The fourth-order valence-electron chi connectivity index (χ4n) is 1.38. The van der Waals surface area contributed by atoms with Crippen molar-refractivity contribution in [3.05, 3.63) is 29.3 Å². The maximum absolute atomic E-state index is 11.4. The second-order valence-corrected chi connectivity index (χ2v) is 4.43. The van der Waals surface area contributed by atoms with Crippen molar-refractivity contribution in [2.45, 2.75) is 12.5 Å². The van der Waals surface area contributed by atoms with Crippen molar-refractivity contribution < 1.29 is 19.4 Å². The molecule has 0 aromatic heterocycles. The van der Waals surface area contributed by atoms with Gasteiger partial charge in [-0.2, -0.15) is 0 Å². The summed E-state index contributed by atoms with van der Waals surface area (Å²) in [5.74, 6) is 0.346. The Morgan fingerprint density at radius 1 is 1.42 bits per heavy atom. The second-order valence-electron chi connectivity index (χ2n) is 3.99. The fourth-order valence-corrected chi connectivity index (χ4v) is 1.51. The van der Waals surface area contributed by atoms with E-state index in [0.29, 0.717) is 23.7 Å². The van der Waals surface area contributed by atoms with Crippen LogP contribution in [0.4, 0.5) is 0 Å². The Morgan fingerprint density at radius 3 is 2.74 bits per heavy atom. The molecule has 0 aliphatic rings. The standard InChI is InChI=1S/C13H18ClNO4/c1-18-8-11(16)6-7-15-13(17)9-19-12-4-2-10(14)3-5-12/h2-5,11,16H,6-9H2,1H3,(H,15,17). The number of carbonyl (C=O) groups is 1. The number of hydrogen-bond acceptors (Lipinski definition) is 4. The van der Waals surface area contributed by atoms with Gasteiger partial charge < -0.3 is 19.9 Å². The van der Waals surface area contributed by atoms with E-state index in [1.165, 1.54) is 7.11 Å². The Hall–Kier alpha value is -1.30. The lowest BCUT2D eigenvalue weighted by atomic mass is 10.2. The fraction of sp³-hybridized carbons (Fsp3) is 0.462. The van der Waals surface area contributed by atoms with Crippen LogP contribution < -0.4 is 10.1 Å². The Balaban J connectivity index is 2.16. The number of amides is 1. The summed E-state index contributed by atoms with van der Waals surface area (Å²) in [6.07, 6.45) is -0.122. The third kappa shape index (κ3) is 7.00. The summed E-state index contributed by atoms with van der Waals surface area (Å²) in [4.78, 5) is 11.4. The summed E-state index contributed by atoms with van der Waals surface area (Å²) in [7, 11) is 1.52. The van der Waals surface area contributed by atoms with Gasteiger partial charge in [0.15, 0.2) is 6.61 Å². The van der Waals surface area contributed by atoms with E-state index >= 15 is 0 Å². The van der Waals surface area contributed by atoms with Gasteiger partial charge in [-0.15, -0.1) is 0 Å². The molecule has 0 fully saturated rings. The molecular weight excluding hydrogens is 270 g/mol. The lowest BCUT2D eigenvalue weighted by Crippen LogP contribution is -2.32. The summed E-state index contributed by atoms with van der Waals surface area (Å²) in [6, 6.07) is 6.77. The van der Waals surface area contributed by atoms with Gasteiger partial charge in [0, 0.05) is 18.7 Å². The van der Waals surface area contributed by atoms with Crippen molar-refractivity contribution in [3.63, 3.8) is 0 Å². The van der Waals surface area contributed by atoms with Gasteiger partial charge in [0.05, 0.1) is 12.7 Å². The van der Waals surface area contributed by atoms with E-state index in [-0.39, 0.29) is 19.1 Å². The largest absolute Gasteiger partial charge is 0.484 e. The molecule has 2 N–H and O–H groups in total. The molecule has 5 nitrogen and oxygen atoms in total. The van der Waals surface area contributed by atoms with Crippen LogP contribution in [0.5, 0.6) is 5.75 Å². The predicted molar refractivity (Wildman–Crippen MR) is 72.5 cm³/mol. The molecular formula is C13H18ClNO4. The first kappa shape index (κ1) is 15.8. The van der Waals surface area contributed by atoms with Crippen LogP contribution in [-0.4, -0.2) is 44.0 Å². The molecule has 0 radical (unpaired) electrons. The molecule has 19 heavy (non-hydrogen) atoms. The minimum Gasteiger partial charge on any atom is -0.484 e. The SMILES string of the molecule is COCC(O)CCNC(=O)COc1ccc(Cl)cc1. The number of halogens is 1. The average Bonchev–Trinajstić information content (AvgIpc) is 2.38. The van der Waals surface area contributed by atoms with Crippen molar-refractivity contribution in [3.8, 4) is 5.75 Å². The lowest BCUT2D eigenvalue weighted by molar-refractivity contribution is -0.123. The first-order valence-corrected chi connectivity index (χ1v) is 6.31. The van der Waals surface area contributed by atoms with Crippen LogP contribution in [-0.2, 0) is 9.53 Å². The molecule has 1 unspecified atom stereocenters. The van der Waals surface area contributed by atoms with E-state index in [2.05, 4.69) is 5.32 Å². The Kier molecular flexibility index (Phi) is 7.25. The molecule has 0 spiro atoms. The van der Waals surface area contributed by atoms with Crippen molar-refractivity contribution in [2.24, 2.45) is 0 Å². The number of aliphatic hydroxyl groups is 1. The Bertz CT molecular complexity index is 383. The van der Waals surface area contributed by atoms with E-state index in [0.717, 1.165) is 0 Å². The molecule has 0 saturated carbocycles. The van der Waals surface area contributed by atoms with Gasteiger partial charge in [-0.3, -0.25) is 4.79 Å². The molecule has 0 bridgehead atoms. The normalized spacial score (nSPS) is 11.9. The summed E-state index contributed by atoms with van der Waals surface area (Å²) in [5.41, 5.74) is 0. The van der Waals surface area contributed by atoms with Crippen molar-refractivity contribution in [1.82, 2.24) is 5.32 Å². The number of rotatable bonds is 8. The van der Waals surface area contributed by atoms with Crippen LogP contribution in [0.25, 0.3) is 0 Å². The van der Waals surface area contributed by atoms with E-state index < -0.39 is 6.10 Å². The van der Waals surface area contributed by atoms with E-state index in [1.54, 1.807) is 24.3 Å². The van der Waals surface area contributed by atoms with Crippen LogP contribution in [0, 0.1) is 0 Å². The predicted octanol–water partition coefficient (Wildman–Crippen LogP) is 1.23. The van der Waals surface area contributed by atoms with Crippen LogP contribution in [0.15, 0.2) is 24.3 Å². The molecule has 0 aliphatic heterocycles. The molecule has 1 rings (SSSR count). The highest BCUT2D eigenvalue weighted by atomic mass is 35.5. The quantitative estimate of drug-likeness (QED) is 0.755. The first-order chi connectivity index (χ1) is 9.11. The van der Waals surface area contributed by atoms with E-state index in [1.807, 2.05) is 0 Å². The van der Waals surface area contributed by atoms with Crippen molar-refractivity contribution in [2.75, 3.05) is 26.9 Å². The highest BCUT2D eigenvalue weighted by Gasteiger charge is 2.06. The minimum absolute atomic E-state index is 0.0675. The van der Waals surface area contributed by atoms with Gasteiger partial charge in [-0.1, -0.05) is 11.6 Å². The van der Waals surface area contributed by atoms with Gasteiger partial charge in [-0.25, -0.2) is 0 Å². The molecule has 0 saturated heterocycles. The average molecular weight is 288 g/mol. The highest BCUT2D eigenvalue weighted by Crippen LogP contribution is 2.15. The molecule has 1 aromatic rings. The summed E-state index contributed by atoms with van der Waals surface area (Å²) in [5, 5.41) is 12.6. The van der Waals surface area contributed by atoms with E-state index in [9.17, 15) is 9.90 Å². The molecule has 106 valence electrons. The van der Waals surface area contributed by atoms with Crippen LogP contribution in [0.3, 0.4) is 0 Å². The molecule has 6 heteroatoms. The van der Waals surface area contributed by atoms with E-state index in [4.69, 9.17) is 21.1 Å². The first-order valence-electron chi connectivity index (χ1n) is 5.94. The van der Waals surface area contributed by atoms with Gasteiger partial charge in [0.1, 0.15) is 5.75 Å². The minimum atomic E-state index is -0.567.